The van der Waals surface area contributed by atoms with Gasteiger partial charge in [0.05, 0.1) is 13.2 Å². The van der Waals surface area contributed by atoms with Gasteiger partial charge in [0, 0.05) is 26.1 Å². The van der Waals surface area contributed by atoms with Gasteiger partial charge in [-0.1, -0.05) is 64.2 Å². The van der Waals surface area contributed by atoms with Gasteiger partial charge in [0.1, 0.15) is 0 Å². The van der Waals surface area contributed by atoms with Crippen LogP contribution in [0.3, 0.4) is 0 Å². The van der Waals surface area contributed by atoms with Crippen molar-refractivity contribution in [2.75, 3.05) is 26.4 Å². The minimum absolute atomic E-state index is 0.0958. The van der Waals surface area contributed by atoms with E-state index in [1.807, 2.05) is 0 Å². The minimum Gasteiger partial charge on any atom is -0.466 e. The molecule has 0 saturated heterocycles. The SMILES string of the molecule is O=C(CCCCCCCCC(=O)OCCCCCCCO)OCCCCCCCO. The molecule has 0 aliphatic heterocycles. The highest BCUT2D eigenvalue weighted by Gasteiger charge is 2.04. The van der Waals surface area contributed by atoms with E-state index in [4.69, 9.17) is 19.7 Å². The lowest BCUT2D eigenvalue weighted by Crippen LogP contribution is -2.06. The van der Waals surface area contributed by atoms with Crippen molar-refractivity contribution in [3.63, 3.8) is 0 Å². The van der Waals surface area contributed by atoms with Gasteiger partial charge in [-0.15, -0.1) is 0 Å². The van der Waals surface area contributed by atoms with Crippen LogP contribution in [-0.4, -0.2) is 48.6 Å². The second-order valence-electron chi connectivity index (χ2n) is 8.05. The summed E-state index contributed by atoms with van der Waals surface area (Å²) in [5, 5.41) is 17.4. The van der Waals surface area contributed by atoms with Crippen LogP contribution in [0.5, 0.6) is 0 Å². The molecule has 0 aromatic rings. The quantitative estimate of drug-likeness (QED) is 0.173. The summed E-state index contributed by atoms with van der Waals surface area (Å²) in [4.78, 5) is 23.3. The van der Waals surface area contributed by atoms with E-state index in [0.717, 1.165) is 103 Å². The van der Waals surface area contributed by atoms with Crippen LogP contribution in [0.4, 0.5) is 0 Å². The highest BCUT2D eigenvalue weighted by atomic mass is 16.5. The Labute approximate surface area is 183 Å². The molecule has 0 aromatic heterocycles. The summed E-state index contributed by atoms with van der Waals surface area (Å²) in [6.07, 6.45) is 16.8. The van der Waals surface area contributed by atoms with E-state index in [0.29, 0.717) is 26.1 Å². The number of carbonyl (C=O) groups excluding carboxylic acids is 2. The number of aliphatic hydroxyl groups excluding tert-OH is 2. The van der Waals surface area contributed by atoms with Gasteiger partial charge in [-0.3, -0.25) is 9.59 Å². The lowest BCUT2D eigenvalue weighted by molar-refractivity contribution is -0.144. The highest BCUT2D eigenvalue weighted by Crippen LogP contribution is 2.10. The molecule has 0 saturated carbocycles. The molecule has 2 N–H and O–H groups in total. The van der Waals surface area contributed by atoms with Crippen LogP contribution < -0.4 is 0 Å². The lowest BCUT2D eigenvalue weighted by atomic mass is 10.1. The minimum atomic E-state index is -0.0958. The van der Waals surface area contributed by atoms with E-state index in [9.17, 15) is 9.59 Å². The molecule has 6 heteroatoms. The molecule has 178 valence electrons. The molecule has 0 bridgehead atoms. The summed E-state index contributed by atoms with van der Waals surface area (Å²) in [6.45, 7) is 1.54. The summed E-state index contributed by atoms with van der Waals surface area (Å²) < 4.78 is 10.5. The monoisotopic (exact) mass is 430 g/mol. The first kappa shape index (κ1) is 28.9. The van der Waals surface area contributed by atoms with Crippen molar-refractivity contribution in [2.45, 2.75) is 116 Å². The first-order valence-corrected chi connectivity index (χ1v) is 12.2. The van der Waals surface area contributed by atoms with E-state index in [-0.39, 0.29) is 25.2 Å². The van der Waals surface area contributed by atoms with Crippen molar-refractivity contribution in [3.8, 4) is 0 Å². The Bertz CT molecular complexity index is 350. The lowest BCUT2D eigenvalue weighted by Gasteiger charge is -2.06. The fraction of sp³-hybridized carbons (Fsp3) is 0.917. The van der Waals surface area contributed by atoms with Crippen molar-refractivity contribution in [1.29, 1.82) is 0 Å². The standard InChI is InChI=1S/C24H46O6/c25-19-13-7-3-9-15-21-29-23(27)17-11-5-1-2-6-12-18-24(28)30-22-16-10-4-8-14-20-26/h25-26H,1-22H2. The fourth-order valence-electron chi connectivity index (χ4n) is 3.25. The Morgan fingerprint density at radius 2 is 0.733 bits per heavy atom. The predicted molar refractivity (Wildman–Crippen MR) is 119 cm³/mol. The molecule has 0 heterocycles. The second kappa shape index (κ2) is 24.1. The molecule has 0 atom stereocenters. The van der Waals surface area contributed by atoms with E-state index in [1.54, 1.807) is 0 Å². The number of hydrogen-bond acceptors (Lipinski definition) is 6. The first-order valence-electron chi connectivity index (χ1n) is 12.2. The van der Waals surface area contributed by atoms with Crippen molar-refractivity contribution in [2.24, 2.45) is 0 Å². The number of ether oxygens (including phenoxy) is 2. The third-order valence-corrected chi connectivity index (χ3v) is 5.14. The summed E-state index contributed by atoms with van der Waals surface area (Å²) >= 11 is 0. The molecule has 0 radical (unpaired) electrons. The van der Waals surface area contributed by atoms with Gasteiger partial charge in [-0.2, -0.15) is 0 Å². The molecule has 0 fully saturated rings. The van der Waals surface area contributed by atoms with Crippen molar-refractivity contribution in [1.82, 2.24) is 0 Å². The molecule has 0 aromatic carbocycles. The summed E-state index contributed by atoms with van der Waals surface area (Å²) in [6, 6.07) is 0. The van der Waals surface area contributed by atoms with E-state index < -0.39 is 0 Å². The van der Waals surface area contributed by atoms with Crippen LogP contribution in [0.25, 0.3) is 0 Å². The normalized spacial score (nSPS) is 10.9. The molecule has 0 aliphatic rings. The smallest absolute Gasteiger partial charge is 0.305 e. The maximum Gasteiger partial charge on any atom is 0.305 e. The average Bonchev–Trinajstić information content (AvgIpc) is 2.74. The molecular weight excluding hydrogens is 384 g/mol. The Morgan fingerprint density at radius 1 is 0.433 bits per heavy atom. The van der Waals surface area contributed by atoms with Gasteiger partial charge in [-0.25, -0.2) is 0 Å². The van der Waals surface area contributed by atoms with E-state index in [2.05, 4.69) is 0 Å². The molecule has 0 amide bonds. The van der Waals surface area contributed by atoms with Gasteiger partial charge in [0.2, 0.25) is 0 Å². The van der Waals surface area contributed by atoms with Crippen LogP contribution in [0.1, 0.15) is 116 Å². The number of rotatable bonds is 23. The van der Waals surface area contributed by atoms with Gasteiger partial charge in [-0.05, 0) is 38.5 Å². The van der Waals surface area contributed by atoms with Crippen molar-refractivity contribution >= 4 is 11.9 Å². The zero-order valence-corrected chi connectivity index (χ0v) is 19.1. The number of carbonyl (C=O) groups is 2. The molecule has 6 nitrogen and oxygen atoms in total. The van der Waals surface area contributed by atoms with E-state index in [1.165, 1.54) is 0 Å². The van der Waals surface area contributed by atoms with Gasteiger partial charge in [0.15, 0.2) is 0 Å². The van der Waals surface area contributed by atoms with Crippen LogP contribution >= 0.6 is 0 Å². The number of unbranched alkanes of at least 4 members (excludes halogenated alkanes) is 13. The molecule has 0 rings (SSSR count). The van der Waals surface area contributed by atoms with Gasteiger partial charge < -0.3 is 19.7 Å². The third-order valence-electron chi connectivity index (χ3n) is 5.14. The van der Waals surface area contributed by atoms with Crippen molar-refractivity contribution in [3.05, 3.63) is 0 Å². The maximum atomic E-state index is 11.6. The van der Waals surface area contributed by atoms with E-state index >= 15 is 0 Å². The predicted octanol–water partition coefficient (Wildman–Crippen LogP) is 5.08. The first-order chi connectivity index (χ1) is 14.7. The van der Waals surface area contributed by atoms with Crippen LogP contribution in [0.2, 0.25) is 0 Å². The molecule has 0 spiro atoms. The summed E-state index contributed by atoms with van der Waals surface area (Å²) in [5.41, 5.74) is 0. The summed E-state index contributed by atoms with van der Waals surface area (Å²) in [7, 11) is 0. The molecular formula is C24H46O6. The maximum absolute atomic E-state index is 11.6. The van der Waals surface area contributed by atoms with Gasteiger partial charge >= 0.3 is 11.9 Å². The molecule has 30 heavy (non-hydrogen) atoms. The zero-order chi connectivity index (χ0) is 22.1. The topological polar surface area (TPSA) is 93.1 Å². The van der Waals surface area contributed by atoms with Gasteiger partial charge in [0.25, 0.3) is 0 Å². The fourth-order valence-corrected chi connectivity index (χ4v) is 3.25. The number of aliphatic hydroxyl groups is 2. The Morgan fingerprint density at radius 3 is 1.10 bits per heavy atom. The molecule has 0 aliphatic carbocycles. The second-order valence-corrected chi connectivity index (χ2v) is 8.05. The molecule has 0 unspecified atom stereocenters. The van der Waals surface area contributed by atoms with Crippen LogP contribution in [0.15, 0.2) is 0 Å². The number of esters is 2. The van der Waals surface area contributed by atoms with Crippen LogP contribution in [-0.2, 0) is 19.1 Å². The Balaban J connectivity index is 3.25. The van der Waals surface area contributed by atoms with Crippen molar-refractivity contribution < 1.29 is 29.3 Å². The van der Waals surface area contributed by atoms with Crippen LogP contribution in [0, 0.1) is 0 Å². The third kappa shape index (κ3) is 23.1. The zero-order valence-electron chi connectivity index (χ0n) is 19.1. The largest absolute Gasteiger partial charge is 0.466 e. The summed E-state index contributed by atoms with van der Waals surface area (Å²) in [5.74, 6) is -0.192. The average molecular weight is 431 g/mol. The number of hydrogen-bond donors (Lipinski definition) is 2. The highest BCUT2D eigenvalue weighted by molar-refractivity contribution is 5.69. The Kier molecular flexibility index (Phi) is 23.2. The Hall–Kier alpha value is -1.14.